The summed E-state index contributed by atoms with van der Waals surface area (Å²) in [5, 5.41) is 8.93. The summed E-state index contributed by atoms with van der Waals surface area (Å²) in [5.41, 5.74) is 1.11. The zero-order valence-corrected chi connectivity index (χ0v) is 12.4. The molecule has 5 nitrogen and oxygen atoms in total. The van der Waals surface area contributed by atoms with Crippen LogP contribution in [-0.2, 0) is 9.59 Å². The van der Waals surface area contributed by atoms with Crippen molar-refractivity contribution in [1.29, 1.82) is 0 Å². The van der Waals surface area contributed by atoms with E-state index >= 15 is 0 Å². The lowest BCUT2D eigenvalue weighted by Crippen LogP contribution is -2.44. The molecule has 0 aliphatic heterocycles. The largest absolute Gasteiger partial charge is 0.481 e. The summed E-state index contributed by atoms with van der Waals surface area (Å²) in [5.74, 6) is -0.209. The average molecular weight is 291 g/mol. The average Bonchev–Trinajstić information content (AvgIpc) is 3.23. The first-order valence-corrected chi connectivity index (χ1v) is 7.19. The van der Waals surface area contributed by atoms with Crippen LogP contribution in [0.1, 0.15) is 25.3 Å². The second-order valence-electron chi connectivity index (χ2n) is 5.63. The second kappa shape index (κ2) is 6.61. The first kappa shape index (κ1) is 15.4. The van der Waals surface area contributed by atoms with Gasteiger partial charge in [0.15, 0.2) is 6.10 Å². The number of aryl methyl sites for hydroxylation is 1. The van der Waals surface area contributed by atoms with E-state index in [1.807, 2.05) is 31.2 Å². The van der Waals surface area contributed by atoms with E-state index in [0.717, 1.165) is 18.4 Å². The number of nitrogens with zero attached hydrogens (tertiary/aromatic N) is 1. The molecule has 0 spiro atoms. The molecule has 0 bridgehead atoms. The fourth-order valence-electron chi connectivity index (χ4n) is 2.14. The highest BCUT2D eigenvalue weighted by Crippen LogP contribution is 2.30. The van der Waals surface area contributed by atoms with Crippen molar-refractivity contribution in [2.45, 2.75) is 32.8 Å². The van der Waals surface area contributed by atoms with Gasteiger partial charge in [0.2, 0.25) is 0 Å². The van der Waals surface area contributed by atoms with Gasteiger partial charge in [-0.25, -0.2) is 0 Å². The summed E-state index contributed by atoms with van der Waals surface area (Å²) in [6.07, 6.45) is 1.44. The molecule has 1 saturated carbocycles. The molecule has 0 aromatic heterocycles. The summed E-state index contributed by atoms with van der Waals surface area (Å²) < 4.78 is 5.61. The molecule has 0 radical (unpaired) electrons. The zero-order chi connectivity index (χ0) is 15.4. The van der Waals surface area contributed by atoms with Crippen LogP contribution in [0.4, 0.5) is 0 Å². The lowest BCUT2D eigenvalue weighted by Gasteiger charge is -2.24. The summed E-state index contributed by atoms with van der Waals surface area (Å²) in [6, 6.07) is 7.43. The minimum atomic E-state index is -0.994. The minimum absolute atomic E-state index is 0.267. The number of carbonyl (C=O) groups excluding carboxylic acids is 1. The van der Waals surface area contributed by atoms with Crippen LogP contribution in [0.3, 0.4) is 0 Å². The van der Waals surface area contributed by atoms with Crippen LogP contribution in [0.15, 0.2) is 24.3 Å². The quantitative estimate of drug-likeness (QED) is 0.835. The van der Waals surface area contributed by atoms with Gasteiger partial charge in [-0.3, -0.25) is 9.59 Å². The Labute approximate surface area is 124 Å². The monoisotopic (exact) mass is 291 g/mol. The minimum Gasteiger partial charge on any atom is -0.481 e. The van der Waals surface area contributed by atoms with Crippen LogP contribution in [-0.4, -0.2) is 41.1 Å². The number of benzene rings is 1. The lowest BCUT2D eigenvalue weighted by atomic mass is 10.2. The highest BCUT2D eigenvalue weighted by molar-refractivity contribution is 5.84. The molecular weight excluding hydrogens is 270 g/mol. The third-order valence-electron chi connectivity index (χ3n) is 3.49. The van der Waals surface area contributed by atoms with Gasteiger partial charge in [0.05, 0.1) is 0 Å². The van der Waals surface area contributed by atoms with Crippen molar-refractivity contribution in [1.82, 2.24) is 4.90 Å². The fourth-order valence-corrected chi connectivity index (χ4v) is 2.14. The van der Waals surface area contributed by atoms with E-state index in [1.54, 1.807) is 6.92 Å². The Bertz CT molecular complexity index is 508. The molecule has 114 valence electrons. The van der Waals surface area contributed by atoms with E-state index in [4.69, 9.17) is 9.84 Å². The van der Waals surface area contributed by atoms with Gasteiger partial charge in [-0.15, -0.1) is 0 Å². The van der Waals surface area contributed by atoms with Crippen LogP contribution in [0, 0.1) is 12.8 Å². The van der Waals surface area contributed by atoms with Gasteiger partial charge in [0, 0.05) is 6.54 Å². The van der Waals surface area contributed by atoms with Crippen molar-refractivity contribution in [3.63, 3.8) is 0 Å². The highest BCUT2D eigenvalue weighted by atomic mass is 16.5. The molecule has 1 aromatic carbocycles. The number of hydrogen-bond acceptors (Lipinski definition) is 3. The maximum Gasteiger partial charge on any atom is 0.323 e. The molecular formula is C16H21NO4. The van der Waals surface area contributed by atoms with Crippen molar-refractivity contribution in [2.75, 3.05) is 13.1 Å². The topological polar surface area (TPSA) is 66.8 Å². The van der Waals surface area contributed by atoms with Gasteiger partial charge in [0.1, 0.15) is 12.3 Å². The lowest BCUT2D eigenvalue weighted by molar-refractivity contribution is -0.147. The highest BCUT2D eigenvalue weighted by Gasteiger charge is 2.30. The molecule has 1 unspecified atom stereocenters. The molecule has 1 atom stereocenters. The maximum absolute atomic E-state index is 12.4. The molecule has 0 saturated heterocycles. The molecule has 1 aromatic rings. The number of amides is 1. The van der Waals surface area contributed by atoms with E-state index in [0.29, 0.717) is 18.2 Å². The van der Waals surface area contributed by atoms with Crippen molar-refractivity contribution >= 4 is 11.9 Å². The number of aliphatic carboxylic acids is 1. The molecule has 1 aliphatic rings. The van der Waals surface area contributed by atoms with Gasteiger partial charge >= 0.3 is 5.97 Å². The van der Waals surface area contributed by atoms with Gasteiger partial charge in [-0.1, -0.05) is 17.7 Å². The second-order valence-corrected chi connectivity index (χ2v) is 5.63. The van der Waals surface area contributed by atoms with Crippen LogP contribution in [0.5, 0.6) is 5.75 Å². The molecule has 2 rings (SSSR count). The van der Waals surface area contributed by atoms with Gasteiger partial charge in [0.25, 0.3) is 5.91 Å². The predicted molar refractivity (Wildman–Crippen MR) is 78.2 cm³/mol. The van der Waals surface area contributed by atoms with E-state index < -0.39 is 12.1 Å². The van der Waals surface area contributed by atoms with Crippen LogP contribution in [0.25, 0.3) is 0 Å². The Morgan fingerprint density at radius 2 is 1.95 bits per heavy atom. The summed E-state index contributed by atoms with van der Waals surface area (Å²) in [4.78, 5) is 24.6. The SMILES string of the molecule is Cc1ccc(OC(C)C(=O)N(CC(=O)O)CC2CC2)cc1. The molecule has 1 aliphatic carbocycles. The van der Waals surface area contributed by atoms with Crippen molar-refractivity contribution < 1.29 is 19.4 Å². The van der Waals surface area contributed by atoms with E-state index in [-0.39, 0.29) is 12.5 Å². The number of carboxylic acid groups (broad SMARTS) is 1. The molecule has 1 fully saturated rings. The predicted octanol–water partition coefficient (Wildman–Crippen LogP) is 2.09. The van der Waals surface area contributed by atoms with Crippen LogP contribution < -0.4 is 4.74 Å². The van der Waals surface area contributed by atoms with Crippen molar-refractivity contribution in [3.05, 3.63) is 29.8 Å². The Kier molecular flexibility index (Phi) is 4.83. The molecule has 5 heteroatoms. The fraction of sp³-hybridized carbons (Fsp3) is 0.500. The van der Waals surface area contributed by atoms with Crippen molar-refractivity contribution in [3.8, 4) is 5.75 Å². The first-order valence-electron chi connectivity index (χ1n) is 7.19. The Balaban J connectivity index is 1.97. The third-order valence-corrected chi connectivity index (χ3v) is 3.49. The van der Waals surface area contributed by atoms with E-state index in [1.165, 1.54) is 4.90 Å². The summed E-state index contributed by atoms with van der Waals surface area (Å²) >= 11 is 0. The number of rotatable bonds is 7. The first-order chi connectivity index (χ1) is 9.95. The van der Waals surface area contributed by atoms with Crippen LogP contribution >= 0.6 is 0 Å². The number of hydrogen-bond donors (Lipinski definition) is 1. The number of carbonyl (C=O) groups is 2. The van der Waals surface area contributed by atoms with Crippen LogP contribution in [0.2, 0.25) is 0 Å². The Hall–Kier alpha value is -2.04. The van der Waals surface area contributed by atoms with Gasteiger partial charge < -0.3 is 14.7 Å². The molecule has 1 N–H and O–H groups in total. The summed E-state index contributed by atoms with van der Waals surface area (Å²) in [6.45, 7) is 3.87. The molecule has 0 heterocycles. The Morgan fingerprint density at radius 1 is 1.33 bits per heavy atom. The standard InChI is InChI=1S/C16H21NO4/c1-11-3-7-14(8-4-11)21-12(2)16(20)17(10-15(18)19)9-13-5-6-13/h3-4,7-8,12-13H,5-6,9-10H2,1-2H3,(H,18,19). The van der Waals surface area contributed by atoms with E-state index in [2.05, 4.69) is 0 Å². The molecule has 21 heavy (non-hydrogen) atoms. The normalized spacial score (nSPS) is 15.3. The smallest absolute Gasteiger partial charge is 0.323 e. The third kappa shape index (κ3) is 4.77. The van der Waals surface area contributed by atoms with Gasteiger partial charge in [-0.2, -0.15) is 0 Å². The Morgan fingerprint density at radius 3 is 2.48 bits per heavy atom. The van der Waals surface area contributed by atoms with Crippen molar-refractivity contribution in [2.24, 2.45) is 5.92 Å². The summed E-state index contributed by atoms with van der Waals surface area (Å²) in [7, 11) is 0. The van der Waals surface area contributed by atoms with Gasteiger partial charge in [-0.05, 0) is 44.7 Å². The zero-order valence-electron chi connectivity index (χ0n) is 12.4. The van der Waals surface area contributed by atoms with E-state index in [9.17, 15) is 9.59 Å². The number of ether oxygens (including phenoxy) is 1. The maximum atomic E-state index is 12.4. The molecule has 1 amide bonds. The number of carboxylic acids is 1.